The molecule has 0 spiro atoms. The lowest BCUT2D eigenvalue weighted by molar-refractivity contribution is 1.35. The monoisotopic (exact) mass is 269 g/mol. The summed E-state index contributed by atoms with van der Waals surface area (Å²) in [6, 6.07) is 14.8. The molecular weight excluding hydrogens is 258 g/mol. The predicted octanol–water partition coefficient (Wildman–Crippen LogP) is 4.16. The second-order valence-corrected chi connectivity index (χ2v) is 4.99. The number of para-hydroxylation sites is 1. The molecule has 2 aromatic carbocycles. The second-order valence-electron chi connectivity index (χ2n) is 4.55. The highest BCUT2D eigenvalue weighted by Crippen LogP contribution is 2.24. The van der Waals surface area contributed by atoms with Gasteiger partial charge in [-0.3, -0.25) is 4.79 Å². The first-order chi connectivity index (χ1) is 9.15. The summed E-state index contributed by atoms with van der Waals surface area (Å²) in [4.78, 5) is 15.4. The molecule has 1 heterocycles. The molecule has 3 heteroatoms. The van der Waals surface area contributed by atoms with Crippen LogP contribution in [0, 0.1) is 6.92 Å². The van der Waals surface area contributed by atoms with Crippen LogP contribution in [-0.2, 0) is 0 Å². The summed E-state index contributed by atoms with van der Waals surface area (Å²) < 4.78 is 0. The van der Waals surface area contributed by atoms with Gasteiger partial charge in [-0.05, 0) is 36.8 Å². The molecule has 0 aliphatic carbocycles. The van der Waals surface area contributed by atoms with Crippen LogP contribution < -0.4 is 5.43 Å². The van der Waals surface area contributed by atoms with Gasteiger partial charge in [0.2, 0.25) is 0 Å². The molecule has 3 aromatic rings. The van der Waals surface area contributed by atoms with E-state index in [1.54, 1.807) is 6.07 Å². The summed E-state index contributed by atoms with van der Waals surface area (Å²) in [6.07, 6.45) is 0. The number of H-pyrrole nitrogens is 1. The first-order valence-corrected chi connectivity index (χ1v) is 6.41. The van der Waals surface area contributed by atoms with Gasteiger partial charge in [0.1, 0.15) is 0 Å². The van der Waals surface area contributed by atoms with Crippen molar-refractivity contribution in [2.45, 2.75) is 6.92 Å². The molecule has 0 saturated carbocycles. The van der Waals surface area contributed by atoms with Crippen molar-refractivity contribution >= 4 is 22.5 Å². The summed E-state index contributed by atoms with van der Waals surface area (Å²) in [5.74, 6) is 0. The number of rotatable bonds is 1. The summed E-state index contributed by atoms with van der Waals surface area (Å²) in [6.45, 7) is 1.98. The van der Waals surface area contributed by atoms with Crippen molar-refractivity contribution in [1.29, 1.82) is 0 Å². The first kappa shape index (κ1) is 12.0. The number of nitrogens with one attached hydrogen (secondary N) is 1. The van der Waals surface area contributed by atoms with Gasteiger partial charge in [0.15, 0.2) is 5.43 Å². The Morgan fingerprint density at radius 3 is 2.63 bits per heavy atom. The minimum atomic E-state index is 0.0266. The Balaban J connectivity index is 2.28. The van der Waals surface area contributed by atoms with Crippen molar-refractivity contribution in [1.82, 2.24) is 4.98 Å². The fourth-order valence-electron chi connectivity index (χ4n) is 2.27. The Hall–Kier alpha value is -2.06. The van der Waals surface area contributed by atoms with Crippen molar-refractivity contribution in [3.05, 3.63) is 69.3 Å². The van der Waals surface area contributed by atoms with Crippen molar-refractivity contribution in [3.63, 3.8) is 0 Å². The molecule has 0 saturated heterocycles. The van der Waals surface area contributed by atoms with E-state index in [0.717, 1.165) is 22.3 Å². The van der Waals surface area contributed by atoms with E-state index < -0.39 is 0 Å². The highest BCUT2D eigenvalue weighted by molar-refractivity contribution is 6.30. The van der Waals surface area contributed by atoms with Crippen LogP contribution in [0.4, 0.5) is 0 Å². The van der Waals surface area contributed by atoms with Crippen LogP contribution in [0.3, 0.4) is 0 Å². The topological polar surface area (TPSA) is 32.9 Å². The van der Waals surface area contributed by atoms with Gasteiger partial charge in [-0.25, -0.2) is 0 Å². The maximum Gasteiger partial charge on any atom is 0.190 e. The molecule has 3 rings (SSSR count). The Morgan fingerprint density at radius 2 is 1.84 bits per heavy atom. The van der Waals surface area contributed by atoms with Crippen molar-refractivity contribution in [2.24, 2.45) is 0 Å². The largest absolute Gasteiger partial charge is 0.354 e. The van der Waals surface area contributed by atoms with Gasteiger partial charge in [0.25, 0.3) is 0 Å². The van der Waals surface area contributed by atoms with Gasteiger partial charge in [-0.15, -0.1) is 0 Å². The summed E-state index contributed by atoms with van der Waals surface area (Å²) in [5.41, 5.74) is 3.72. The van der Waals surface area contributed by atoms with Gasteiger partial charge in [0.05, 0.1) is 0 Å². The Bertz CT molecular complexity index is 820. The molecule has 0 unspecified atom stereocenters. The molecule has 1 aromatic heterocycles. The first-order valence-electron chi connectivity index (χ1n) is 6.04. The summed E-state index contributed by atoms with van der Waals surface area (Å²) >= 11 is 5.96. The third-order valence-electron chi connectivity index (χ3n) is 3.22. The fraction of sp³-hybridized carbons (Fsp3) is 0.0625. The highest BCUT2D eigenvalue weighted by Gasteiger charge is 2.06. The summed E-state index contributed by atoms with van der Waals surface area (Å²) in [5, 5.41) is 1.40. The molecule has 0 bridgehead atoms. The second kappa shape index (κ2) is 4.56. The lowest BCUT2D eigenvalue weighted by Crippen LogP contribution is -2.03. The van der Waals surface area contributed by atoms with E-state index >= 15 is 0 Å². The number of aryl methyl sites for hydroxylation is 1. The van der Waals surface area contributed by atoms with E-state index in [0.29, 0.717) is 10.4 Å². The molecule has 1 N–H and O–H groups in total. The third-order valence-corrected chi connectivity index (χ3v) is 3.45. The third kappa shape index (κ3) is 2.15. The highest BCUT2D eigenvalue weighted by atomic mass is 35.5. The van der Waals surface area contributed by atoms with Gasteiger partial charge in [-0.2, -0.15) is 0 Å². The Kier molecular flexibility index (Phi) is 2.88. The molecule has 0 fully saturated rings. The molecule has 0 atom stereocenters. The average molecular weight is 270 g/mol. The maximum absolute atomic E-state index is 12.1. The smallest absolute Gasteiger partial charge is 0.190 e. The number of benzene rings is 2. The van der Waals surface area contributed by atoms with Crippen LogP contribution in [0.1, 0.15) is 5.56 Å². The van der Waals surface area contributed by atoms with E-state index in [4.69, 9.17) is 11.6 Å². The molecule has 0 radical (unpaired) electrons. The quantitative estimate of drug-likeness (QED) is 0.707. The van der Waals surface area contributed by atoms with Gasteiger partial charge in [0, 0.05) is 33.2 Å². The van der Waals surface area contributed by atoms with Crippen LogP contribution >= 0.6 is 11.6 Å². The van der Waals surface area contributed by atoms with Crippen molar-refractivity contribution < 1.29 is 0 Å². The van der Waals surface area contributed by atoms with Crippen LogP contribution in [0.2, 0.25) is 5.02 Å². The fourth-order valence-corrected chi connectivity index (χ4v) is 2.50. The number of aromatic amines is 1. The van der Waals surface area contributed by atoms with Crippen LogP contribution in [0.25, 0.3) is 22.2 Å². The number of aromatic nitrogens is 1. The standard InChI is InChI=1S/C16H12ClNO/c1-10-8-11(17)6-7-12(10)15-9-16(19)13-4-2-3-5-14(13)18-15/h2-9H,1H3,(H,18,19). The Labute approximate surface area is 115 Å². The van der Waals surface area contributed by atoms with Crippen molar-refractivity contribution in [3.8, 4) is 11.3 Å². The number of fused-ring (bicyclic) bond motifs is 1. The lowest BCUT2D eigenvalue weighted by Gasteiger charge is -2.08. The normalized spacial score (nSPS) is 10.8. The minimum absolute atomic E-state index is 0.0266. The minimum Gasteiger partial charge on any atom is -0.354 e. The molecular formula is C16H12ClNO. The van der Waals surface area contributed by atoms with E-state index in [-0.39, 0.29) is 5.43 Å². The van der Waals surface area contributed by atoms with Crippen LogP contribution in [-0.4, -0.2) is 4.98 Å². The molecule has 0 aliphatic heterocycles. The molecule has 2 nitrogen and oxygen atoms in total. The van der Waals surface area contributed by atoms with E-state index in [1.807, 2.05) is 49.4 Å². The van der Waals surface area contributed by atoms with Gasteiger partial charge >= 0.3 is 0 Å². The van der Waals surface area contributed by atoms with Crippen LogP contribution in [0.5, 0.6) is 0 Å². The zero-order valence-electron chi connectivity index (χ0n) is 10.4. The number of halogens is 1. The molecule has 0 amide bonds. The maximum atomic E-state index is 12.1. The van der Waals surface area contributed by atoms with E-state index in [2.05, 4.69) is 4.98 Å². The molecule has 94 valence electrons. The van der Waals surface area contributed by atoms with Gasteiger partial charge in [-0.1, -0.05) is 29.8 Å². The van der Waals surface area contributed by atoms with E-state index in [9.17, 15) is 4.79 Å². The molecule has 0 aliphatic rings. The SMILES string of the molecule is Cc1cc(Cl)ccc1-c1cc(=O)c2ccccc2[nH]1. The summed E-state index contributed by atoms with van der Waals surface area (Å²) in [7, 11) is 0. The van der Waals surface area contributed by atoms with E-state index in [1.165, 1.54) is 0 Å². The zero-order valence-corrected chi connectivity index (χ0v) is 11.2. The molecule has 19 heavy (non-hydrogen) atoms. The number of hydrogen-bond donors (Lipinski definition) is 1. The van der Waals surface area contributed by atoms with Gasteiger partial charge < -0.3 is 4.98 Å². The average Bonchev–Trinajstić information content (AvgIpc) is 2.38. The van der Waals surface area contributed by atoms with Crippen LogP contribution in [0.15, 0.2) is 53.3 Å². The van der Waals surface area contributed by atoms with Crippen molar-refractivity contribution in [2.75, 3.05) is 0 Å². The number of hydrogen-bond acceptors (Lipinski definition) is 1. The zero-order chi connectivity index (χ0) is 13.4. The lowest BCUT2D eigenvalue weighted by atomic mass is 10.0. The number of pyridine rings is 1. The predicted molar refractivity (Wildman–Crippen MR) is 79.8 cm³/mol. The Morgan fingerprint density at radius 1 is 1.05 bits per heavy atom.